The Morgan fingerprint density at radius 3 is 2.50 bits per heavy atom. The molecule has 0 aliphatic carbocycles. The summed E-state index contributed by atoms with van der Waals surface area (Å²) in [6.07, 6.45) is -0.786. The third-order valence-electron chi connectivity index (χ3n) is 4.25. The number of fused-ring (bicyclic) bond motifs is 1. The number of hydrogen-bond acceptors (Lipinski definition) is 9. The lowest BCUT2D eigenvalue weighted by molar-refractivity contribution is -0.199. The summed E-state index contributed by atoms with van der Waals surface area (Å²) in [7, 11) is -3.64. The van der Waals surface area contributed by atoms with Crippen molar-refractivity contribution in [1.29, 1.82) is 0 Å². The van der Waals surface area contributed by atoms with Gasteiger partial charge in [0, 0.05) is 0 Å². The summed E-state index contributed by atoms with van der Waals surface area (Å²) in [5.74, 6) is -0.708. The SMILES string of the molecule is CCOP(=O)(OCC)c1ncn(C2OC(CO)C3OC(C)(C)OC32)c1N. The van der Waals surface area contributed by atoms with Gasteiger partial charge in [0.2, 0.25) is 0 Å². The molecule has 4 unspecified atom stereocenters. The summed E-state index contributed by atoms with van der Waals surface area (Å²) in [6.45, 7) is 7.14. The lowest BCUT2D eigenvalue weighted by atomic mass is 10.1. The number of ether oxygens (including phenoxy) is 3. The highest BCUT2D eigenvalue weighted by Gasteiger charge is 2.56. The number of anilines is 1. The number of aliphatic hydroxyl groups is 1. The first-order valence-electron chi connectivity index (χ1n) is 8.60. The number of nitrogens with zero attached hydrogens (tertiary/aromatic N) is 2. The Labute approximate surface area is 152 Å². The first kappa shape index (κ1) is 19.8. The van der Waals surface area contributed by atoms with Crippen molar-refractivity contribution in [3.63, 3.8) is 0 Å². The zero-order valence-corrected chi connectivity index (χ0v) is 16.2. The molecule has 2 saturated heterocycles. The Kier molecular flexibility index (Phi) is 5.47. The van der Waals surface area contributed by atoms with Gasteiger partial charge in [0.05, 0.1) is 26.1 Å². The van der Waals surface area contributed by atoms with E-state index >= 15 is 0 Å². The van der Waals surface area contributed by atoms with E-state index in [1.165, 1.54) is 10.9 Å². The molecule has 0 saturated carbocycles. The largest absolute Gasteiger partial charge is 0.394 e. The Bertz CT molecular complexity index is 685. The topological polar surface area (TPSA) is 127 Å². The summed E-state index contributed by atoms with van der Waals surface area (Å²) in [6, 6.07) is 0. The molecule has 1 aromatic rings. The Morgan fingerprint density at radius 1 is 1.31 bits per heavy atom. The maximum Gasteiger partial charge on any atom is 0.383 e. The van der Waals surface area contributed by atoms with Crippen molar-refractivity contribution in [3.8, 4) is 0 Å². The zero-order valence-electron chi connectivity index (χ0n) is 15.3. The molecule has 11 heteroatoms. The number of aromatic nitrogens is 2. The van der Waals surface area contributed by atoms with Crippen molar-refractivity contribution in [3.05, 3.63) is 6.33 Å². The van der Waals surface area contributed by atoms with E-state index in [4.69, 9.17) is 29.0 Å². The van der Waals surface area contributed by atoms with Gasteiger partial charge in [-0.1, -0.05) is 0 Å². The van der Waals surface area contributed by atoms with Gasteiger partial charge in [-0.05, 0) is 27.7 Å². The smallest absolute Gasteiger partial charge is 0.383 e. The minimum Gasteiger partial charge on any atom is -0.394 e. The van der Waals surface area contributed by atoms with E-state index in [0.29, 0.717) is 0 Å². The van der Waals surface area contributed by atoms with E-state index in [1.54, 1.807) is 27.7 Å². The van der Waals surface area contributed by atoms with Crippen LogP contribution in [0.25, 0.3) is 0 Å². The van der Waals surface area contributed by atoms with Gasteiger partial charge in [-0.3, -0.25) is 9.13 Å². The molecule has 2 aliphatic rings. The molecule has 2 aliphatic heterocycles. The van der Waals surface area contributed by atoms with Crippen LogP contribution in [0.1, 0.15) is 33.9 Å². The highest BCUT2D eigenvalue weighted by Crippen LogP contribution is 2.49. The number of imidazole rings is 1. The van der Waals surface area contributed by atoms with Gasteiger partial charge in [-0.15, -0.1) is 0 Å². The van der Waals surface area contributed by atoms with Crippen molar-refractivity contribution in [2.45, 2.75) is 58.0 Å². The van der Waals surface area contributed by atoms with Gasteiger partial charge in [-0.2, -0.15) is 0 Å². The van der Waals surface area contributed by atoms with Crippen molar-refractivity contribution in [2.75, 3.05) is 25.6 Å². The summed E-state index contributed by atoms with van der Waals surface area (Å²) >= 11 is 0. The standard InChI is InChI=1S/C15H26N3O7P/c1-5-21-26(20,22-6-2)13-12(16)18(8-17-13)14-11-10(9(7-19)23-14)24-15(3,4)25-11/h8-11,14,19H,5-7,16H2,1-4H3. The number of aliphatic hydroxyl groups excluding tert-OH is 1. The highest BCUT2D eigenvalue weighted by molar-refractivity contribution is 7.62. The summed E-state index contributed by atoms with van der Waals surface area (Å²) in [5, 5.41) is 9.59. The van der Waals surface area contributed by atoms with Crippen LogP contribution in [0.15, 0.2) is 6.33 Å². The van der Waals surface area contributed by atoms with Gasteiger partial charge >= 0.3 is 7.60 Å². The van der Waals surface area contributed by atoms with Crippen molar-refractivity contribution in [1.82, 2.24) is 9.55 Å². The Balaban J connectivity index is 1.93. The number of nitrogens with two attached hydrogens (primary N) is 1. The molecule has 26 heavy (non-hydrogen) atoms. The minimum absolute atomic E-state index is 0.0342. The molecule has 148 valence electrons. The Morgan fingerprint density at radius 2 is 1.92 bits per heavy atom. The fourth-order valence-corrected chi connectivity index (χ4v) is 4.89. The lowest BCUT2D eigenvalue weighted by Gasteiger charge is -2.24. The van der Waals surface area contributed by atoms with E-state index in [9.17, 15) is 9.67 Å². The highest BCUT2D eigenvalue weighted by atomic mass is 31.2. The van der Waals surface area contributed by atoms with Crippen LogP contribution in [0.5, 0.6) is 0 Å². The maximum absolute atomic E-state index is 13.0. The van der Waals surface area contributed by atoms with E-state index in [-0.39, 0.29) is 31.1 Å². The van der Waals surface area contributed by atoms with Gasteiger partial charge in [0.1, 0.15) is 24.1 Å². The third kappa shape index (κ3) is 3.31. The quantitative estimate of drug-likeness (QED) is 0.648. The van der Waals surface area contributed by atoms with Crippen molar-refractivity contribution in [2.24, 2.45) is 0 Å². The molecule has 2 fully saturated rings. The summed E-state index contributed by atoms with van der Waals surface area (Å²) in [4.78, 5) is 4.16. The van der Waals surface area contributed by atoms with Gasteiger partial charge in [0.15, 0.2) is 17.5 Å². The number of hydrogen-bond donors (Lipinski definition) is 2. The Hall–Kier alpha value is -1.00. The second-order valence-corrected chi connectivity index (χ2v) is 8.44. The van der Waals surface area contributed by atoms with Crippen LogP contribution in [-0.2, 0) is 27.8 Å². The van der Waals surface area contributed by atoms with E-state index in [0.717, 1.165) is 0 Å². The van der Waals surface area contributed by atoms with Crippen LogP contribution < -0.4 is 11.2 Å². The van der Waals surface area contributed by atoms with Crippen molar-refractivity contribution >= 4 is 18.8 Å². The van der Waals surface area contributed by atoms with Crippen LogP contribution in [0, 0.1) is 0 Å². The van der Waals surface area contributed by atoms with Gasteiger partial charge in [0.25, 0.3) is 0 Å². The van der Waals surface area contributed by atoms with E-state index in [1.807, 2.05) is 0 Å². The van der Waals surface area contributed by atoms with Crippen LogP contribution in [0.4, 0.5) is 5.82 Å². The minimum atomic E-state index is -3.64. The van der Waals surface area contributed by atoms with Crippen LogP contribution >= 0.6 is 7.60 Å². The molecule has 3 N–H and O–H groups in total. The van der Waals surface area contributed by atoms with Crippen LogP contribution in [0.2, 0.25) is 0 Å². The molecular weight excluding hydrogens is 365 g/mol. The average molecular weight is 391 g/mol. The first-order chi connectivity index (χ1) is 12.3. The predicted molar refractivity (Wildman–Crippen MR) is 92.0 cm³/mol. The van der Waals surface area contributed by atoms with E-state index < -0.39 is 37.9 Å². The molecule has 0 aromatic carbocycles. The molecule has 0 amide bonds. The maximum atomic E-state index is 13.0. The monoisotopic (exact) mass is 391 g/mol. The normalized spacial score (nSPS) is 30.7. The zero-order chi connectivity index (χ0) is 19.1. The number of nitrogen functional groups attached to an aromatic ring is 1. The number of rotatable bonds is 7. The fraction of sp³-hybridized carbons (Fsp3) is 0.800. The second-order valence-electron chi connectivity index (χ2n) is 6.51. The molecule has 0 spiro atoms. The summed E-state index contributed by atoms with van der Waals surface area (Å²) in [5.41, 5.74) is 6.23. The summed E-state index contributed by atoms with van der Waals surface area (Å²) < 4.78 is 42.7. The average Bonchev–Trinajstić information content (AvgIpc) is 3.18. The molecule has 1 aromatic heterocycles. The first-order valence-corrected chi connectivity index (χ1v) is 10.1. The lowest BCUT2D eigenvalue weighted by Crippen LogP contribution is -2.31. The molecule has 3 heterocycles. The molecule has 0 bridgehead atoms. The molecule has 3 rings (SSSR count). The molecular formula is C15H26N3O7P. The van der Waals surface area contributed by atoms with Crippen LogP contribution in [-0.4, -0.2) is 58.6 Å². The predicted octanol–water partition coefficient (Wildman–Crippen LogP) is 0.766. The van der Waals surface area contributed by atoms with Crippen molar-refractivity contribution < 1.29 is 32.9 Å². The molecule has 4 atom stereocenters. The van der Waals surface area contributed by atoms with Gasteiger partial charge < -0.3 is 34.1 Å². The van der Waals surface area contributed by atoms with Gasteiger partial charge in [-0.25, -0.2) is 4.98 Å². The van der Waals surface area contributed by atoms with E-state index in [2.05, 4.69) is 4.98 Å². The van der Waals surface area contributed by atoms with Crippen LogP contribution in [0.3, 0.4) is 0 Å². The third-order valence-corrected chi connectivity index (χ3v) is 6.31. The molecule has 0 radical (unpaired) electrons. The second kappa shape index (κ2) is 7.20. The molecule has 10 nitrogen and oxygen atoms in total. The fourth-order valence-electron chi connectivity index (χ4n) is 3.30.